The van der Waals surface area contributed by atoms with E-state index < -0.39 is 0 Å². The highest BCUT2D eigenvalue weighted by molar-refractivity contribution is 7.26. The van der Waals surface area contributed by atoms with E-state index in [-0.39, 0.29) is 0 Å². The highest BCUT2D eigenvalue weighted by Gasteiger charge is 2.22. The Morgan fingerprint density at radius 2 is 0.836 bits per heavy atom. The molecule has 0 amide bonds. The molecule has 0 aliphatic carbocycles. The highest BCUT2D eigenvalue weighted by atomic mass is 32.1. The van der Waals surface area contributed by atoms with Crippen molar-refractivity contribution < 1.29 is 0 Å². The molecule has 2 heterocycles. The third-order valence-electron chi connectivity index (χ3n) is 11.6. The fourth-order valence-electron chi connectivity index (χ4n) is 8.58. The molecule has 0 bridgehead atoms. The van der Waals surface area contributed by atoms with Gasteiger partial charge in [0, 0.05) is 42.4 Å². The molecule has 0 aliphatic rings. The zero-order chi connectivity index (χ0) is 40.7. The molecule has 11 aromatic rings. The molecule has 0 radical (unpaired) electrons. The molecule has 284 valence electrons. The first-order valence-corrected chi connectivity index (χ1v) is 21.2. The second kappa shape index (κ2) is 15.3. The lowest BCUT2D eigenvalue weighted by atomic mass is 9.91. The lowest BCUT2D eigenvalue weighted by Crippen LogP contribution is -2.01. The zero-order valence-electron chi connectivity index (χ0n) is 33.0. The summed E-state index contributed by atoms with van der Waals surface area (Å²) in [6, 6.07) is 76.8. The molecule has 0 saturated carbocycles. The summed E-state index contributed by atoms with van der Waals surface area (Å²) in [5.74, 6) is 0.683. The van der Waals surface area contributed by atoms with E-state index in [2.05, 4.69) is 194 Å². The summed E-state index contributed by atoms with van der Waals surface area (Å²) < 4.78 is 2.48. The lowest BCUT2D eigenvalue weighted by molar-refractivity contribution is 1.19. The third-order valence-corrected chi connectivity index (χ3v) is 12.8. The van der Waals surface area contributed by atoms with E-state index in [9.17, 15) is 5.26 Å². The van der Waals surface area contributed by atoms with Gasteiger partial charge in [0.05, 0.1) is 23.0 Å². The first-order valence-electron chi connectivity index (χ1n) is 20.4. The number of thiophene rings is 1. The molecule has 0 unspecified atom stereocenters. The first kappa shape index (κ1) is 36.1. The van der Waals surface area contributed by atoms with Crippen molar-refractivity contribution in [1.29, 1.82) is 5.26 Å². The fraction of sp³-hybridized carbons (Fsp3) is 0. The highest BCUT2D eigenvalue weighted by Crippen LogP contribution is 2.45. The van der Waals surface area contributed by atoms with Gasteiger partial charge < -0.3 is 0 Å². The number of aromatic nitrogens is 2. The minimum Gasteiger partial charge on any atom is -0.227 e. The van der Waals surface area contributed by atoms with Gasteiger partial charge in [-0.15, -0.1) is 11.3 Å². The van der Waals surface area contributed by atoms with Crippen LogP contribution in [0, 0.1) is 11.3 Å². The van der Waals surface area contributed by atoms with E-state index in [0.717, 1.165) is 61.5 Å². The van der Waals surface area contributed by atoms with Crippen molar-refractivity contribution in [2.75, 3.05) is 0 Å². The van der Waals surface area contributed by atoms with Crippen LogP contribution >= 0.6 is 11.3 Å². The van der Waals surface area contributed by atoms with Crippen molar-refractivity contribution in [1.82, 2.24) is 9.97 Å². The molecule has 0 fully saturated rings. The van der Waals surface area contributed by atoms with Crippen molar-refractivity contribution in [2.45, 2.75) is 0 Å². The van der Waals surface area contributed by atoms with Crippen LogP contribution in [0.2, 0.25) is 0 Å². The second-order valence-electron chi connectivity index (χ2n) is 15.2. The van der Waals surface area contributed by atoms with E-state index in [1.165, 1.54) is 42.1 Å². The number of hydrogen-bond acceptors (Lipinski definition) is 4. The summed E-state index contributed by atoms with van der Waals surface area (Å²) >= 11 is 1.82. The van der Waals surface area contributed by atoms with Gasteiger partial charge >= 0.3 is 0 Å². The molecule has 3 nitrogen and oxygen atoms in total. The normalized spacial score (nSPS) is 11.3. The van der Waals surface area contributed by atoms with Crippen LogP contribution in [-0.4, -0.2) is 9.97 Å². The molecule has 0 spiro atoms. The number of rotatable bonds is 7. The monoisotopic (exact) mass is 793 g/mol. The summed E-state index contributed by atoms with van der Waals surface area (Å²) in [4.78, 5) is 10.9. The summed E-state index contributed by atoms with van der Waals surface area (Å²) in [7, 11) is 0. The molecule has 9 aromatic carbocycles. The summed E-state index contributed by atoms with van der Waals surface area (Å²) in [5, 5.41) is 14.1. The Labute approximate surface area is 358 Å². The van der Waals surface area contributed by atoms with Gasteiger partial charge in [-0.3, -0.25) is 0 Å². The van der Waals surface area contributed by atoms with Gasteiger partial charge in [-0.1, -0.05) is 194 Å². The van der Waals surface area contributed by atoms with E-state index in [0.29, 0.717) is 11.4 Å². The Bertz CT molecular complexity index is 3440. The zero-order valence-corrected chi connectivity index (χ0v) is 33.8. The van der Waals surface area contributed by atoms with E-state index >= 15 is 0 Å². The van der Waals surface area contributed by atoms with Crippen LogP contribution in [0.1, 0.15) is 5.56 Å². The van der Waals surface area contributed by atoms with Crippen molar-refractivity contribution in [3.63, 3.8) is 0 Å². The van der Waals surface area contributed by atoms with Crippen LogP contribution in [0.4, 0.5) is 0 Å². The van der Waals surface area contributed by atoms with E-state index in [1.54, 1.807) is 0 Å². The van der Waals surface area contributed by atoms with E-state index in [4.69, 9.17) is 9.97 Å². The Morgan fingerprint density at radius 3 is 1.46 bits per heavy atom. The minimum atomic E-state index is 0.663. The van der Waals surface area contributed by atoms with Gasteiger partial charge in [0.25, 0.3) is 0 Å². The number of fused-ring (bicyclic) bond motifs is 4. The summed E-state index contributed by atoms with van der Waals surface area (Å²) in [6.07, 6.45) is 0. The Balaban J connectivity index is 1.02. The van der Waals surface area contributed by atoms with Crippen LogP contribution in [0.15, 0.2) is 212 Å². The predicted molar refractivity (Wildman–Crippen MR) is 255 cm³/mol. The molecule has 11 rings (SSSR count). The second-order valence-corrected chi connectivity index (χ2v) is 16.2. The van der Waals surface area contributed by atoms with Crippen LogP contribution < -0.4 is 0 Å². The third kappa shape index (κ3) is 6.55. The molecule has 61 heavy (non-hydrogen) atoms. The summed E-state index contributed by atoms with van der Waals surface area (Å²) in [5.41, 5.74) is 14.5. The van der Waals surface area contributed by atoms with Gasteiger partial charge in [-0.2, -0.15) is 5.26 Å². The van der Waals surface area contributed by atoms with Gasteiger partial charge in [0.1, 0.15) is 0 Å². The molecular formula is C57H35N3S. The van der Waals surface area contributed by atoms with Gasteiger partial charge in [-0.05, 0) is 67.9 Å². The van der Waals surface area contributed by atoms with Crippen LogP contribution in [0.25, 0.3) is 109 Å². The quantitative estimate of drug-likeness (QED) is 0.161. The largest absolute Gasteiger partial charge is 0.227 e. The van der Waals surface area contributed by atoms with Gasteiger partial charge in [-0.25, -0.2) is 9.97 Å². The lowest BCUT2D eigenvalue weighted by Gasteiger charge is -2.17. The van der Waals surface area contributed by atoms with Gasteiger partial charge in [0.2, 0.25) is 0 Å². The van der Waals surface area contributed by atoms with E-state index in [1.807, 2.05) is 35.6 Å². The molecule has 0 atom stereocenters. The fourth-order valence-corrected chi connectivity index (χ4v) is 9.80. The van der Waals surface area contributed by atoms with Crippen molar-refractivity contribution in [3.05, 3.63) is 218 Å². The molecule has 0 N–H and O–H groups in total. The maximum Gasteiger partial charge on any atom is 0.160 e. The first-order chi connectivity index (χ1) is 30.2. The average Bonchev–Trinajstić information content (AvgIpc) is 3.73. The van der Waals surface area contributed by atoms with Crippen LogP contribution in [0.3, 0.4) is 0 Å². The van der Waals surface area contributed by atoms with Crippen molar-refractivity contribution in [2.24, 2.45) is 0 Å². The topological polar surface area (TPSA) is 49.6 Å². The number of nitrogens with zero attached hydrogens (tertiary/aromatic N) is 3. The Hall–Kier alpha value is -7.97. The number of nitriles is 1. The molecule has 2 aromatic heterocycles. The van der Waals surface area contributed by atoms with Crippen molar-refractivity contribution in [3.8, 4) is 84.5 Å². The molecular weight excluding hydrogens is 759 g/mol. The van der Waals surface area contributed by atoms with Crippen LogP contribution in [-0.2, 0) is 0 Å². The Kier molecular flexibility index (Phi) is 9.08. The number of hydrogen-bond donors (Lipinski definition) is 0. The molecule has 0 saturated heterocycles. The molecule has 0 aliphatic heterocycles. The SMILES string of the molecule is N#Cc1ccc(-c2ccc(-c3ccc(-c4ccc(-c5nc(-c6ccccc6)c(-c6ccccc6)c(-c6cccc7c6sc6ccccc67)n5)cc4)c4ccccc34)cc2)cc1. The maximum atomic E-state index is 9.22. The molecule has 4 heteroatoms. The van der Waals surface area contributed by atoms with Crippen LogP contribution in [0.5, 0.6) is 0 Å². The Morgan fingerprint density at radius 1 is 0.344 bits per heavy atom. The predicted octanol–water partition coefficient (Wildman–Crippen LogP) is 15.5. The minimum absolute atomic E-state index is 0.663. The number of benzene rings is 9. The van der Waals surface area contributed by atoms with Crippen molar-refractivity contribution >= 4 is 42.3 Å². The smallest absolute Gasteiger partial charge is 0.160 e. The summed E-state index contributed by atoms with van der Waals surface area (Å²) in [6.45, 7) is 0. The average molecular weight is 794 g/mol. The van der Waals surface area contributed by atoms with Gasteiger partial charge in [0.15, 0.2) is 5.82 Å². The maximum absolute atomic E-state index is 9.22. The standard InChI is InChI=1S/C57H35N3S/c58-36-37-22-24-38(25-23-37)39-26-28-40(29-27-39)45-34-35-46(48-17-8-7-16-47(45)48)41-30-32-44(33-31-41)57-59-54(43-14-5-2-6-15-43)53(42-12-3-1-4-13-42)55(60-57)51-20-11-19-50-49-18-9-10-21-52(49)61-56(50)51/h1-35H.